The lowest BCUT2D eigenvalue weighted by Crippen LogP contribution is -2.38. The van der Waals surface area contributed by atoms with Gasteiger partial charge in [-0.2, -0.15) is 0 Å². The van der Waals surface area contributed by atoms with Gasteiger partial charge in [-0.25, -0.2) is 4.79 Å². The molecule has 4 heteroatoms. The summed E-state index contributed by atoms with van der Waals surface area (Å²) in [5.74, 6) is 0.444. The molecule has 1 unspecified atom stereocenters. The van der Waals surface area contributed by atoms with Crippen molar-refractivity contribution in [2.75, 3.05) is 13.7 Å². The molecule has 0 radical (unpaired) electrons. The van der Waals surface area contributed by atoms with E-state index in [1.165, 1.54) is 7.11 Å². The van der Waals surface area contributed by atoms with E-state index in [0.29, 0.717) is 5.92 Å². The molecule has 0 spiro atoms. The Bertz CT molecular complexity index is 136. The lowest BCUT2D eigenvalue weighted by atomic mass is 10.0. The molecule has 0 aliphatic carbocycles. The van der Waals surface area contributed by atoms with Crippen LogP contribution < -0.4 is 5.32 Å². The summed E-state index contributed by atoms with van der Waals surface area (Å²) < 4.78 is 4.40. The Morgan fingerprint density at radius 1 is 1.58 bits per heavy atom. The molecular weight excluding hydrogens is 158 g/mol. The lowest BCUT2D eigenvalue weighted by molar-refractivity contribution is 0.153. The van der Waals surface area contributed by atoms with Crippen LogP contribution in [0, 0.1) is 5.92 Å². The van der Waals surface area contributed by atoms with Gasteiger partial charge in [-0.1, -0.05) is 13.8 Å². The van der Waals surface area contributed by atoms with Gasteiger partial charge in [0.2, 0.25) is 0 Å². The molecule has 0 fully saturated rings. The number of carbonyl (C=O) groups excluding carboxylic acids is 1. The first-order valence-corrected chi connectivity index (χ1v) is 4.05. The van der Waals surface area contributed by atoms with Crippen LogP contribution in [0.15, 0.2) is 0 Å². The van der Waals surface area contributed by atoms with Crippen molar-refractivity contribution in [3.63, 3.8) is 0 Å². The molecule has 1 atom stereocenters. The second-order valence-electron chi connectivity index (χ2n) is 3.14. The first-order valence-electron chi connectivity index (χ1n) is 4.05. The van der Waals surface area contributed by atoms with E-state index in [0.717, 1.165) is 6.42 Å². The van der Waals surface area contributed by atoms with Crippen LogP contribution in [-0.2, 0) is 4.74 Å². The zero-order valence-corrected chi connectivity index (χ0v) is 7.83. The van der Waals surface area contributed by atoms with E-state index in [9.17, 15) is 4.79 Å². The quantitative estimate of drug-likeness (QED) is 0.662. The Morgan fingerprint density at radius 2 is 2.17 bits per heavy atom. The third-order valence-corrected chi connectivity index (χ3v) is 1.48. The number of aliphatic hydroxyl groups is 1. The fraction of sp³-hybridized carbons (Fsp3) is 0.875. The third kappa shape index (κ3) is 4.96. The van der Waals surface area contributed by atoms with Gasteiger partial charge in [0.1, 0.15) is 0 Å². The van der Waals surface area contributed by atoms with Crippen LogP contribution in [0.3, 0.4) is 0 Å². The van der Waals surface area contributed by atoms with Crippen LogP contribution >= 0.6 is 0 Å². The zero-order valence-electron chi connectivity index (χ0n) is 7.83. The lowest BCUT2D eigenvalue weighted by Gasteiger charge is -2.16. The van der Waals surface area contributed by atoms with Crippen LogP contribution in [-0.4, -0.2) is 31.0 Å². The van der Waals surface area contributed by atoms with Crippen molar-refractivity contribution in [3.8, 4) is 0 Å². The molecule has 1 amide bonds. The monoisotopic (exact) mass is 175 g/mol. The normalized spacial score (nSPS) is 12.8. The van der Waals surface area contributed by atoms with Crippen molar-refractivity contribution < 1.29 is 14.6 Å². The van der Waals surface area contributed by atoms with Gasteiger partial charge in [0.05, 0.1) is 19.8 Å². The van der Waals surface area contributed by atoms with Crippen molar-refractivity contribution in [2.45, 2.75) is 26.3 Å². The summed E-state index contributed by atoms with van der Waals surface area (Å²) in [7, 11) is 1.30. The topological polar surface area (TPSA) is 58.6 Å². The van der Waals surface area contributed by atoms with E-state index in [1.807, 2.05) is 13.8 Å². The molecule has 12 heavy (non-hydrogen) atoms. The van der Waals surface area contributed by atoms with Crippen LogP contribution in [0.4, 0.5) is 4.79 Å². The summed E-state index contributed by atoms with van der Waals surface area (Å²) in [5.41, 5.74) is 0. The molecule has 4 nitrogen and oxygen atoms in total. The van der Waals surface area contributed by atoms with Gasteiger partial charge in [0.15, 0.2) is 0 Å². The number of aliphatic hydroxyl groups excluding tert-OH is 1. The second kappa shape index (κ2) is 5.83. The molecule has 0 bridgehead atoms. The third-order valence-electron chi connectivity index (χ3n) is 1.48. The molecule has 0 aromatic carbocycles. The second-order valence-corrected chi connectivity index (χ2v) is 3.14. The minimum absolute atomic E-state index is 0.0483. The number of nitrogens with one attached hydrogen (secondary N) is 1. The highest BCUT2D eigenvalue weighted by Gasteiger charge is 2.12. The Morgan fingerprint density at radius 3 is 2.50 bits per heavy atom. The van der Waals surface area contributed by atoms with Crippen LogP contribution in [0.2, 0.25) is 0 Å². The average molecular weight is 175 g/mol. The van der Waals surface area contributed by atoms with Crippen molar-refractivity contribution >= 4 is 6.09 Å². The van der Waals surface area contributed by atoms with Crippen molar-refractivity contribution in [1.29, 1.82) is 0 Å². The zero-order chi connectivity index (χ0) is 9.56. The number of rotatable bonds is 4. The summed E-state index contributed by atoms with van der Waals surface area (Å²) in [6, 6.07) is -0.197. The molecule has 0 aliphatic heterocycles. The molecule has 2 N–H and O–H groups in total. The molecule has 0 saturated carbocycles. The Kier molecular flexibility index (Phi) is 5.45. The first-order chi connectivity index (χ1) is 5.60. The number of alkyl carbamates (subject to hydrolysis) is 1. The van der Waals surface area contributed by atoms with Crippen LogP contribution in [0.5, 0.6) is 0 Å². The SMILES string of the molecule is COC(=O)NC(CO)CC(C)C. The number of hydrogen-bond acceptors (Lipinski definition) is 3. The van der Waals surface area contributed by atoms with Gasteiger partial charge < -0.3 is 15.2 Å². The highest BCUT2D eigenvalue weighted by Crippen LogP contribution is 2.03. The van der Waals surface area contributed by atoms with E-state index < -0.39 is 6.09 Å². The summed E-state index contributed by atoms with van der Waals surface area (Å²) in [6.45, 7) is 4.01. The maximum absolute atomic E-state index is 10.7. The molecule has 0 saturated heterocycles. The predicted molar refractivity (Wildman–Crippen MR) is 45.9 cm³/mol. The number of carbonyl (C=O) groups is 1. The highest BCUT2D eigenvalue weighted by molar-refractivity contribution is 5.67. The largest absolute Gasteiger partial charge is 0.453 e. The van der Waals surface area contributed by atoms with Gasteiger partial charge in [-0.15, -0.1) is 0 Å². The average Bonchev–Trinajstić information content (AvgIpc) is 2.02. The molecule has 0 rings (SSSR count). The molecule has 72 valence electrons. The van der Waals surface area contributed by atoms with E-state index in [1.54, 1.807) is 0 Å². The minimum atomic E-state index is -0.491. The van der Waals surface area contributed by atoms with E-state index >= 15 is 0 Å². The van der Waals surface area contributed by atoms with Crippen LogP contribution in [0.1, 0.15) is 20.3 Å². The van der Waals surface area contributed by atoms with Crippen molar-refractivity contribution in [2.24, 2.45) is 5.92 Å². The maximum Gasteiger partial charge on any atom is 0.407 e. The predicted octanol–water partition coefficient (Wildman–Crippen LogP) is 0.749. The Hall–Kier alpha value is -0.770. The summed E-state index contributed by atoms with van der Waals surface area (Å²) in [4.78, 5) is 10.7. The van der Waals surface area contributed by atoms with Crippen molar-refractivity contribution in [1.82, 2.24) is 5.32 Å². The minimum Gasteiger partial charge on any atom is -0.453 e. The number of ether oxygens (including phenoxy) is 1. The van der Waals surface area contributed by atoms with Crippen molar-refractivity contribution in [3.05, 3.63) is 0 Å². The van der Waals surface area contributed by atoms with Gasteiger partial charge in [-0.05, 0) is 12.3 Å². The fourth-order valence-corrected chi connectivity index (χ4v) is 0.974. The Balaban J connectivity index is 3.74. The van der Waals surface area contributed by atoms with Crippen LogP contribution in [0.25, 0.3) is 0 Å². The molecule has 0 aliphatic rings. The van der Waals surface area contributed by atoms with E-state index in [4.69, 9.17) is 5.11 Å². The maximum atomic E-state index is 10.7. The molecular formula is C8H17NO3. The Labute approximate surface area is 72.9 Å². The summed E-state index contributed by atoms with van der Waals surface area (Å²) in [6.07, 6.45) is 0.265. The van der Waals surface area contributed by atoms with E-state index in [-0.39, 0.29) is 12.6 Å². The van der Waals surface area contributed by atoms with Gasteiger partial charge in [0.25, 0.3) is 0 Å². The van der Waals surface area contributed by atoms with Gasteiger partial charge in [0, 0.05) is 0 Å². The van der Waals surface area contributed by atoms with Gasteiger partial charge in [-0.3, -0.25) is 0 Å². The number of methoxy groups -OCH3 is 1. The standard InChI is InChI=1S/C8H17NO3/c1-6(2)4-7(5-10)9-8(11)12-3/h6-7,10H,4-5H2,1-3H3,(H,9,11). The number of amides is 1. The highest BCUT2D eigenvalue weighted by atomic mass is 16.5. The molecule has 0 aromatic rings. The molecule has 0 heterocycles. The number of hydrogen-bond donors (Lipinski definition) is 2. The van der Waals surface area contributed by atoms with E-state index in [2.05, 4.69) is 10.1 Å². The smallest absolute Gasteiger partial charge is 0.407 e. The first kappa shape index (κ1) is 11.2. The summed E-state index contributed by atoms with van der Waals surface area (Å²) >= 11 is 0. The molecule has 0 aromatic heterocycles. The fourth-order valence-electron chi connectivity index (χ4n) is 0.974. The summed E-state index contributed by atoms with van der Waals surface area (Å²) in [5, 5.41) is 11.4. The van der Waals surface area contributed by atoms with Gasteiger partial charge >= 0.3 is 6.09 Å².